The van der Waals surface area contributed by atoms with Crippen LogP contribution in [0.25, 0.3) is 10.9 Å². The number of methoxy groups -OCH3 is 2. The van der Waals surface area contributed by atoms with Gasteiger partial charge in [-0.2, -0.15) is 23.5 Å². The molecule has 5 aromatic rings. The fraction of sp³-hybridized carbons (Fsp3) is 0.138. The monoisotopic (exact) mass is 847 g/mol. The fourth-order valence-corrected chi connectivity index (χ4v) is 6.06. The van der Waals surface area contributed by atoms with Crippen LogP contribution in [0, 0.1) is 6.92 Å². The van der Waals surface area contributed by atoms with Gasteiger partial charge in [0, 0.05) is 18.6 Å². The number of aryl methyl sites for hydroxylation is 2. The number of aromatic carboxylic acids is 3. The highest BCUT2D eigenvalue weighted by Gasteiger charge is 2.29. The zero-order chi connectivity index (χ0) is 40.7. The van der Waals surface area contributed by atoms with Crippen LogP contribution in [0.1, 0.15) is 36.8 Å². The molecule has 25 heteroatoms. The molecule has 0 saturated carbocycles. The number of nitrogens with one attached hydrogen (secondary N) is 2. The number of nitrogen functional groups attached to an aromatic ring is 1. The number of fused-ring (bicyclic) bond motifs is 1. The van der Waals surface area contributed by atoms with Gasteiger partial charge in [-0.15, -0.1) is 0 Å². The summed E-state index contributed by atoms with van der Waals surface area (Å²) in [5.74, 6) is -4.04. The Balaban J connectivity index is 0.000000237. The third-order valence-electron chi connectivity index (χ3n) is 6.35. The zero-order valence-electron chi connectivity index (χ0n) is 27.8. The van der Waals surface area contributed by atoms with Gasteiger partial charge in [0.05, 0.1) is 47.7 Å². The number of carbonyl (C=O) groups excluding carboxylic acids is 1. The highest BCUT2D eigenvalue weighted by Crippen LogP contribution is 2.34. The summed E-state index contributed by atoms with van der Waals surface area (Å²) in [5.41, 5.74) is 5.77. The number of carbonyl (C=O) groups is 4. The van der Waals surface area contributed by atoms with Crippen LogP contribution in [0.5, 0.6) is 11.8 Å². The number of rotatable bonds is 8. The Bertz CT molecular complexity index is 2380. The van der Waals surface area contributed by atoms with E-state index in [1.54, 1.807) is 23.1 Å². The van der Waals surface area contributed by atoms with Crippen molar-refractivity contribution in [2.75, 3.05) is 25.3 Å². The molecule has 286 valence electrons. The zero-order valence-corrected chi connectivity index (χ0v) is 31.6. The highest BCUT2D eigenvalue weighted by atomic mass is 35.5. The maximum absolute atomic E-state index is 12.3. The first-order valence-electron chi connectivity index (χ1n) is 14.1. The first kappa shape index (κ1) is 42.7. The predicted molar refractivity (Wildman–Crippen MR) is 194 cm³/mol. The number of sulfonamides is 1. The summed E-state index contributed by atoms with van der Waals surface area (Å²) in [6.45, 7) is 1.90. The average molecular weight is 849 g/mol. The number of anilines is 2. The molecule has 0 bridgehead atoms. The lowest BCUT2D eigenvalue weighted by molar-refractivity contribution is 0.0681. The van der Waals surface area contributed by atoms with Crippen molar-refractivity contribution in [2.24, 2.45) is 7.05 Å². The maximum Gasteiger partial charge on any atom is 0.356 e. The first-order valence-corrected chi connectivity index (χ1v) is 17.1. The molecule has 54 heavy (non-hydrogen) atoms. The van der Waals surface area contributed by atoms with Crippen LogP contribution in [0.3, 0.4) is 0 Å². The van der Waals surface area contributed by atoms with Gasteiger partial charge in [0.1, 0.15) is 16.1 Å². The third kappa shape index (κ3) is 10.2. The average Bonchev–Trinajstić information content (AvgIpc) is 3.51. The number of hydrogen-bond donors (Lipinski definition) is 6. The van der Waals surface area contributed by atoms with Crippen LogP contribution in [0.4, 0.5) is 16.4 Å². The summed E-state index contributed by atoms with van der Waals surface area (Å²) < 4.78 is 36.9. The molecule has 5 rings (SSSR count). The van der Waals surface area contributed by atoms with E-state index in [1.165, 1.54) is 27.3 Å². The number of nitrogens with two attached hydrogens (primary N) is 1. The molecule has 0 unspecified atom stereocenters. The van der Waals surface area contributed by atoms with E-state index >= 15 is 0 Å². The van der Waals surface area contributed by atoms with Crippen LogP contribution in [0.15, 0.2) is 41.7 Å². The number of hydrogen-bond acceptors (Lipinski definition) is 14. The van der Waals surface area contributed by atoms with E-state index in [4.69, 9.17) is 76.9 Å². The topological polar surface area (TPSA) is 301 Å². The van der Waals surface area contributed by atoms with Gasteiger partial charge in [0.25, 0.3) is 10.0 Å². The number of carboxylic acids is 3. The minimum atomic E-state index is -4.53. The second kappa shape index (κ2) is 17.9. The van der Waals surface area contributed by atoms with Gasteiger partial charge in [0.15, 0.2) is 15.9 Å². The number of ether oxygens (including phenoxy) is 2. The molecule has 0 spiro atoms. The predicted octanol–water partition coefficient (Wildman–Crippen LogP) is 4.65. The van der Waals surface area contributed by atoms with Crippen LogP contribution in [-0.2, 0) is 17.1 Å². The van der Waals surface area contributed by atoms with Crippen LogP contribution in [-0.4, -0.2) is 91.6 Å². The summed E-state index contributed by atoms with van der Waals surface area (Å²) in [5, 5.41) is 32.2. The number of halogens is 4. The molecule has 20 nitrogen and oxygen atoms in total. The maximum atomic E-state index is 12.3. The lowest BCUT2D eigenvalue weighted by atomic mass is 10.1. The van der Waals surface area contributed by atoms with E-state index in [2.05, 4.69) is 30.4 Å². The summed E-state index contributed by atoms with van der Waals surface area (Å²) in [6, 6.07) is 5.34. The van der Waals surface area contributed by atoms with Crippen LogP contribution >= 0.6 is 46.4 Å². The Hall–Kier alpha value is -5.74. The first-order chi connectivity index (χ1) is 25.2. The molecule has 1 aromatic carbocycles. The van der Waals surface area contributed by atoms with E-state index in [-0.39, 0.29) is 49.2 Å². The second-order valence-corrected chi connectivity index (χ2v) is 13.2. The number of carboxylic acid groups (broad SMARTS) is 3. The molecule has 0 fully saturated rings. The Kier molecular flexibility index (Phi) is 14.1. The molecule has 0 saturated heterocycles. The minimum absolute atomic E-state index is 0.0448. The molecule has 0 radical (unpaired) electrons. The lowest BCUT2D eigenvalue weighted by Gasteiger charge is -2.10. The summed E-state index contributed by atoms with van der Waals surface area (Å²) in [7, 11) is -0.667. The highest BCUT2D eigenvalue weighted by molar-refractivity contribution is 7.90. The molecule has 0 aliphatic heterocycles. The molecular weight excluding hydrogens is 824 g/mol. The quantitative estimate of drug-likeness (QED) is 0.116. The smallest absolute Gasteiger partial charge is 0.356 e. The molecule has 0 aliphatic carbocycles. The number of amides is 2. The van der Waals surface area contributed by atoms with Gasteiger partial charge in [-0.3, -0.25) is 15.0 Å². The van der Waals surface area contributed by atoms with Gasteiger partial charge >= 0.3 is 23.9 Å². The minimum Gasteiger partial charge on any atom is -0.481 e. The van der Waals surface area contributed by atoms with E-state index in [0.29, 0.717) is 5.52 Å². The normalized spacial score (nSPS) is 10.6. The van der Waals surface area contributed by atoms with Gasteiger partial charge < -0.3 is 30.5 Å². The van der Waals surface area contributed by atoms with Crippen molar-refractivity contribution in [3.05, 3.63) is 79.3 Å². The molecule has 4 heterocycles. The summed E-state index contributed by atoms with van der Waals surface area (Å²) in [4.78, 5) is 59.8. The Morgan fingerprint density at radius 2 is 1.48 bits per heavy atom. The Morgan fingerprint density at radius 1 is 0.870 bits per heavy atom. The standard InChI is InChI=1S/C12H14N6O7S.C11H8ClNO2.C6H3Cl3N2O2/c1-18-9(6(5-13-18)10(19)20)26(22,23)17-12(21)16-11-14-7(24-2)4-8(15-11)25-3;1-6-4-7-2-3-8(12)9(11(14)15)10(7)13-5-6;7-1-3(10)2(8)5(9)11-4(1)6(12)13/h4-5H,1-3H3,(H,19,20)(H2,14,15,16,17,21);2-5H,1H3,(H,14,15);(H2,10,11)(H,12,13). The number of nitrogens with zero attached hydrogens (tertiary/aromatic N) is 6. The Labute approximate surface area is 323 Å². The largest absolute Gasteiger partial charge is 0.481 e. The molecule has 2 amide bonds. The van der Waals surface area contributed by atoms with Crippen molar-refractivity contribution in [1.29, 1.82) is 0 Å². The van der Waals surface area contributed by atoms with Gasteiger partial charge in [-0.25, -0.2) is 28.9 Å². The molecule has 7 N–H and O–H groups in total. The SMILES string of the molecule is COc1cc(OC)nc(NC(=O)NS(=O)(=O)c2c(C(=O)O)cnn2C)n1.Cc1cnc2c(C(=O)O)c(Cl)ccc2c1.Nc1c(Cl)c(Cl)nc(C(=O)O)c1Cl. The van der Waals surface area contributed by atoms with Gasteiger partial charge in [-0.05, 0) is 24.6 Å². The van der Waals surface area contributed by atoms with Crippen molar-refractivity contribution in [2.45, 2.75) is 11.9 Å². The Morgan fingerprint density at radius 3 is 2.02 bits per heavy atom. The van der Waals surface area contributed by atoms with E-state index in [0.717, 1.165) is 21.8 Å². The van der Waals surface area contributed by atoms with Crippen molar-refractivity contribution in [3.63, 3.8) is 0 Å². The van der Waals surface area contributed by atoms with E-state index < -0.39 is 50.2 Å². The molecular formula is C29H25Cl4N9O11S. The summed E-state index contributed by atoms with van der Waals surface area (Å²) >= 11 is 22.4. The van der Waals surface area contributed by atoms with Crippen molar-refractivity contribution in [3.8, 4) is 11.8 Å². The molecule has 0 aliphatic rings. The number of urea groups is 1. The van der Waals surface area contributed by atoms with Crippen molar-refractivity contribution >= 4 is 103 Å². The number of aromatic nitrogens is 6. The van der Waals surface area contributed by atoms with Gasteiger partial charge in [-0.1, -0.05) is 52.5 Å². The number of pyridine rings is 2. The van der Waals surface area contributed by atoms with E-state index in [9.17, 15) is 27.6 Å². The number of benzene rings is 1. The summed E-state index contributed by atoms with van der Waals surface area (Å²) in [6.07, 6.45) is 2.48. The van der Waals surface area contributed by atoms with E-state index in [1.807, 2.05) is 13.0 Å². The van der Waals surface area contributed by atoms with Crippen molar-refractivity contribution < 1.29 is 52.4 Å². The fourth-order valence-electron chi connectivity index (χ4n) is 4.02. The van der Waals surface area contributed by atoms with Crippen LogP contribution < -0.4 is 25.2 Å². The van der Waals surface area contributed by atoms with Crippen molar-refractivity contribution in [1.82, 2.24) is 34.4 Å². The molecule has 0 atom stereocenters. The van der Waals surface area contributed by atoms with Crippen LogP contribution in [0.2, 0.25) is 20.2 Å². The van der Waals surface area contributed by atoms with Gasteiger partial charge in [0.2, 0.25) is 17.7 Å². The lowest BCUT2D eigenvalue weighted by Crippen LogP contribution is -2.36. The third-order valence-corrected chi connectivity index (χ3v) is 9.24. The molecule has 4 aromatic heterocycles. The second-order valence-electron chi connectivity index (χ2n) is 10.0.